The number of aromatic nitrogens is 1. The SMILES string of the molecule is O=C(CN1CCOCC1)N1CCCC(c2cc(-c3ccc4c(c3)CCC4=NO)c(-c3ccncc3)o2)C1. The predicted octanol–water partition coefficient (Wildman–Crippen LogP) is 4.17. The van der Waals surface area contributed by atoms with Crippen molar-refractivity contribution < 1.29 is 19.2 Å². The number of hydrogen-bond acceptors (Lipinski definition) is 7. The van der Waals surface area contributed by atoms with E-state index in [0.29, 0.717) is 26.3 Å². The van der Waals surface area contributed by atoms with E-state index in [1.807, 2.05) is 23.1 Å². The number of likely N-dealkylation sites (tertiary alicyclic amines) is 1. The summed E-state index contributed by atoms with van der Waals surface area (Å²) >= 11 is 0. The third kappa shape index (κ3) is 4.91. The van der Waals surface area contributed by atoms with Gasteiger partial charge in [0, 0.05) is 61.2 Å². The number of aryl methyl sites for hydroxylation is 1. The molecule has 1 unspecified atom stereocenters. The lowest BCUT2D eigenvalue weighted by atomic mass is 9.93. The molecule has 2 aromatic heterocycles. The molecule has 1 atom stereocenters. The van der Waals surface area contributed by atoms with Gasteiger partial charge in [-0.15, -0.1) is 0 Å². The molecule has 2 saturated heterocycles. The predicted molar refractivity (Wildman–Crippen MR) is 140 cm³/mol. The molecule has 8 heteroatoms. The summed E-state index contributed by atoms with van der Waals surface area (Å²) in [5.74, 6) is 2.08. The maximum atomic E-state index is 13.1. The van der Waals surface area contributed by atoms with Gasteiger partial charge in [0.15, 0.2) is 0 Å². The molecule has 3 aromatic rings. The summed E-state index contributed by atoms with van der Waals surface area (Å²) in [5, 5.41) is 12.8. The molecule has 4 heterocycles. The number of carbonyl (C=O) groups is 1. The second kappa shape index (κ2) is 10.5. The molecule has 1 amide bonds. The van der Waals surface area contributed by atoms with Crippen molar-refractivity contribution in [1.82, 2.24) is 14.8 Å². The summed E-state index contributed by atoms with van der Waals surface area (Å²) in [6.45, 7) is 4.93. The standard InChI is InChI=1S/C29H32N4O4/c34-28(19-32-12-14-36-15-13-32)33-11-1-2-23(18-33)27-17-25(29(37-27)20-7-9-30-10-8-20)22-3-5-24-21(16-22)4-6-26(24)31-35/h3,5,7-10,16-17,23,35H,1-2,4,6,11-15,18-19H2. The number of hydrogen-bond donors (Lipinski definition) is 1. The molecule has 0 saturated carbocycles. The quantitative estimate of drug-likeness (QED) is 0.418. The summed E-state index contributed by atoms with van der Waals surface area (Å²) in [6.07, 6.45) is 7.12. The molecular formula is C29H32N4O4. The number of nitrogens with zero attached hydrogens (tertiary/aromatic N) is 4. The summed E-state index contributed by atoms with van der Waals surface area (Å²) in [7, 11) is 0. The molecule has 0 spiro atoms. The van der Waals surface area contributed by atoms with E-state index < -0.39 is 0 Å². The fraction of sp³-hybridized carbons (Fsp3) is 0.414. The Hall–Kier alpha value is -3.49. The Morgan fingerprint density at radius 2 is 1.86 bits per heavy atom. The minimum absolute atomic E-state index is 0.152. The second-order valence-electron chi connectivity index (χ2n) is 10.1. The van der Waals surface area contributed by atoms with Crippen molar-refractivity contribution in [3.8, 4) is 22.5 Å². The Balaban J connectivity index is 1.28. The van der Waals surface area contributed by atoms with Crippen LogP contribution in [0.15, 0.2) is 58.4 Å². The number of morpholine rings is 1. The molecule has 0 bridgehead atoms. The van der Waals surface area contributed by atoms with E-state index in [0.717, 1.165) is 84.8 Å². The smallest absolute Gasteiger partial charge is 0.236 e. The highest BCUT2D eigenvalue weighted by atomic mass is 16.5. The van der Waals surface area contributed by atoms with Crippen molar-refractivity contribution in [3.63, 3.8) is 0 Å². The third-order valence-electron chi connectivity index (χ3n) is 7.81. The molecule has 37 heavy (non-hydrogen) atoms. The average molecular weight is 501 g/mol. The number of oxime groups is 1. The van der Waals surface area contributed by atoms with Gasteiger partial charge in [-0.1, -0.05) is 23.4 Å². The van der Waals surface area contributed by atoms with Gasteiger partial charge in [0.2, 0.25) is 5.91 Å². The lowest BCUT2D eigenvalue weighted by Gasteiger charge is -2.34. The van der Waals surface area contributed by atoms with Crippen LogP contribution in [0.3, 0.4) is 0 Å². The Bertz CT molecular complexity index is 1300. The lowest BCUT2D eigenvalue weighted by Crippen LogP contribution is -2.47. The van der Waals surface area contributed by atoms with Crippen molar-refractivity contribution in [2.45, 2.75) is 31.6 Å². The molecule has 1 aliphatic carbocycles. The number of ether oxygens (including phenoxy) is 1. The summed E-state index contributed by atoms with van der Waals surface area (Å²) < 4.78 is 12.0. The number of furan rings is 1. The number of rotatable bonds is 5. The highest BCUT2D eigenvalue weighted by Gasteiger charge is 2.30. The molecule has 0 radical (unpaired) electrons. The topological polar surface area (TPSA) is 91.4 Å². The van der Waals surface area contributed by atoms with Crippen LogP contribution in [0.2, 0.25) is 0 Å². The van der Waals surface area contributed by atoms with Gasteiger partial charge in [-0.05, 0) is 55.0 Å². The van der Waals surface area contributed by atoms with Gasteiger partial charge >= 0.3 is 0 Å². The van der Waals surface area contributed by atoms with E-state index in [1.165, 1.54) is 5.56 Å². The van der Waals surface area contributed by atoms with Gasteiger partial charge in [-0.2, -0.15) is 0 Å². The molecule has 1 N–H and O–H groups in total. The number of carbonyl (C=O) groups excluding carboxylic acids is 1. The van der Waals surface area contributed by atoms with E-state index in [9.17, 15) is 10.0 Å². The van der Waals surface area contributed by atoms with Gasteiger partial charge in [0.05, 0.1) is 25.5 Å². The fourth-order valence-electron chi connectivity index (χ4n) is 5.77. The number of amides is 1. The monoisotopic (exact) mass is 500 g/mol. The summed E-state index contributed by atoms with van der Waals surface area (Å²) in [5.41, 5.74) is 6.04. The largest absolute Gasteiger partial charge is 0.460 e. The van der Waals surface area contributed by atoms with Crippen LogP contribution in [0.4, 0.5) is 0 Å². The summed E-state index contributed by atoms with van der Waals surface area (Å²) in [4.78, 5) is 21.5. The number of piperidine rings is 1. The first-order valence-corrected chi connectivity index (χ1v) is 13.2. The number of benzene rings is 1. The first-order valence-electron chi connectivity index (χ1n) is 13.2. The molecule has 192 valence electrons. The fourth-order valence-corrected chi connectivity index (χ4v) is 5.77. The maximum absolute atomic E-state index is 13.1. The molecular weight excluding hydrogens is 468 g/mol. The van der Waals surface area contributed by atoms with Crippen molar-refractivity contribution in [1.29, 1.82) is 0 Å². The first-order chi connectivity index (χ1) is 18.2. The summed E-state index contributed by atoms with van der Waals surface area (Å²) in [6, 6.07) is 12.4. The first kappa shape index (κ1) is 23.9. The van der Waals surface area contributed by atoms with Gasteiger partial charge in [0.1, 0.15) is 11.5 Å². The molecule has 3 aliphatic rings. The van der Waals surface area contributed by atoms with E-state index in [2.05, 4.69) is 33.2 Å². The third-order valence-corrected chi connectivity index (χ3v) is 7.81. The number of pyridine rings is 1. The van der Waals surface area contributed by atoms with Crippen LogP contribution in [-0.2, 0) is 16.0 Å². The zero-order valence-corrected chi connectivity index (χ0v) is 20.9. The zero-order valence-electron chi connectivity index (χ0n) is 20.9. The normalized spacial score (nSPS) is 21.4. The van der Waals surface area contributed by atoms with Crippen molar-refractivity contribution in [3.05, 3.63) is 65.7 Å². The second-order valence-corrected chi connectivity index (χ2v) is 10.1. The maximum Gasteiger partial charge on any atom is 0.236 e. The lowest BCUT2D eigenvalue weighted by molar-refractivity contribution is -0.134. The number of fused-ring (bicyclic) bond motifs is 1. The molecule has 8 nitrogen and oxygen atoms in total. The Morgan fingerprint density at radius 3 is 2.68 bits per heavy atom. The van der Waals surface area contributed by atoms with Crippen molar-refractivity contribution in [2.24, 2.45) is 5.16 Å². The van der Waals surface area contributed by atoms with Gasteiger partial charge in [-0.3, -0.25) is 14.7 Å². The highest BCUT2D eigenvalue weighted by molar-refractivity contribution is 6.04. The Labute approximate surface area is 216 Å². The van der Waals surface area contributed by atoms with Crippen LogP contribution >= 0.6 is 0 Å². The van der Waals surface area contributed by atoms with Crippen LogP contribution in [-0.4, -0.2) is 77.5 Å². The van der Waals surface area contributed by atoms with Crippen molar-refractivity contribution in [2.75, 3.05) is 45.9 Å². The average Bonchev–Trinajstić information content (AvgIpc) is 3.58. The van der Waals surface area contributed by atoms with Gasteiger partial charge in [-0.25, -0.2) is 0 Å². The van der Waals surface area contributed by atoms with Gasteiger partial charge < -0.3 is 19.3 Å². The van der Waals surface area contributed by atoms with Crippen molar-refractivity contribution >= 4 is 11.6 Å². The Kier molecular flexibility index (Phi) is 6.76. The van der Waals surface area contributed by atoms with Crippen LogP contribution in [0.1, 0.15) is 42.1 Å². The van der Waals surface area contributed by atoms with E-state index >= 15 is 0 Å². The van der Waals surface area contributed by atoms with Crippen LogP contribution in [0, 0.1) is 0 Å². The zero-order chi connectivity index (χ0) is 25.2. The van der Waals surface area contributed by atoms with Crippen LogP contribution in [0.5, 0.6) is 0 Å². The minimum Gasteiger partial charge on any atom is -0.460 e. The highest BCUT2D eigenvalue weighted by Crippen LogP contribution is 2.40. The van der Waals surface area contributed by atoms with E-state index in [-0.39, 0.29) is 11.8 Å². The van der Waals surface area contributed by atoms with Crippen LogP contribution < -0.4 is 0 Å². The molecule has 6 rings (SSSR count). The van der Waals surface area contributed by atoms with Gasteiger partial charge in [0.25, 0.3) is 0 Å². The van der Waals surface area contributed by atoms with E-state index in [1.54, 1.807) is 12.4 Å². The molecule has 1 aromatic carbocycles. The van der Waals surface area contributed by atoms with E-state index in [4.69, 9.17) is 9.15 Å². The molecule has 2 fully saturated rings. The molecule has 2 aliphatic heterocycles. The Morgan fingerprint density at radius 1 is 1.03 bits per heavy atom. The van der Waals surface area contributed by atoms with Crippen LogP contribution in [0.25, 0.3) is 22.5 Å². The minimum atomic E-state index is 0.152.